The number of hydrogen-bond donors (Lipinski definition) is 0. The van der Waals surface area contributed by atoms with E-state index in [0.29, 0.717) is 0 Å². The van der Waals surface area contributed by atoms with Crippen LogP contribution in [0, 0.1) is 0 Å². The van der Waals surface area contributed by atoms with Gasteiger partial charge in [-0.2, -0.15) is 11.8 Å². The maximum Gasteiger partial charge on any atom is 0.0406 e. The molecule has 0 spiro atoms. The molecule has 0 heterocycles. The van der Waals surface area contributed by atoms with Gasteiger partial charge in [0.05, 0.1) is 0 Å². The predicted octanol–water partition coefficient (Wildman–Crippen LogP) is 5.93. The Hall–Kier alpha value is -1.44. The van der Waals surface area contributed by atoms with Crippen LogP contribution < -0.4 is 0 Å². The Bertz CT molecular complexity index is 699. The molecule has 0 nitrogen and oxygen atoms in total. The van der Waals surface area contributed by atoms with Crippen molar-refractivity contribution >= 4 is 34.1 Å². The first-order valence-corrected chi connectivity index (χ1v) is 8.15. The Balaban J connectivity index is 1.69. The summed E-state index contributed by atoms with van der Waals surface area (Å²) in [6.45, 7) is 0. The Kier molecular flexibility index (Phi) is 4.29. The molecule has 3 rings (SSSR count). The van der Waals surface area contributed by atoms with Crippen LogP contribution in [0.15, 0.2) is 66.7 Å². The monoisotopic (exact) mass is 298 g/mol. The lowest BCUT2D eigenvalue weighted by Crippen LogP contribution is -1.85. The van der Waals surface area contributed by atoms with Crippen LogP contribution in [-0.2, 0) is 11.5 Å². The molecule has 0 unspecified atom stereocenters. The van der Waals surface area contributed by atoms with Crippen molar-refractivity contribution < 1.29 is 0 Å². The van der Waals surface area contributed by atoms with Crippen molar-refractivity contribution in [3.8, 4) is 0 Å². The molecule has 0 aliphatic rings. The van der Waals surface area contributed by atoms with Gasteiger partial charge in [0, 0.05) is 16.5 Å². The number of halogens is 1. The van der Waals surface area contributed by atoms with E-state index in [9.17, 15) is 0 Å². The molecule has 0 radical (unpaired) electrons. The molecule has 0 amide bonds. The Labute approximate surface area is 128 Å². The quantitative estimate of drug-likeness (QED) is 0.575. The van der Waals surface area contributed by atoms with Crippen molar-refractivity contribution in [1.82, 2.24) is 0 Å². The van der Waals surface area contributed by atoms with E-state index >= 15 is 0 Å². The maximum atomic E-state index is 5.90. The zero-order valence-electron chi connectivity index (χ0n) is 11.1. The van der Waals surface area contributed by atoms with Crippen molar-refractivity contribution in [2.75, 3.05) is 0 Å². The van der Waals surface area contributed by atoms with Gasteiger partial charge in [-0.15, -0.1) is 0 Å². The number of hydrogen-bond acceptors (Lipinski definition) is 1. The van der Waals surface area contributed by atoms with Crippen LogP contribution >= 0.6 is 23.4 Å². The summed E-state index contributed by atoms with van der Waals surface area (Å²) in [6, 6.07) is 23.2. The van der Waals surface area contributed by atoms with E-state index in [1.807, 2.05) is 23.9 Å². The summed E-state index contributed by atoms with van der Waals surface area (Å²) in [5, 5.41) is 3.48. The molecule has 2 heteroatoms. The van der Waals surface area contributed by atoms with Crippen LogP contribution in [0.4, 0.5) is 0 Å². The van der Waals surface area contributed by atoms with E-state index in [0.717, 1.165) is 16.5 Å². The van der Waals surface area contributed by atoms with Gasteiger partial charge in [0.2, 0.25) is 0 Å². The molecular formula is C18H15ClS. The highest BCUT2D eigenvalue weighted by Crippen LogP contribution is 2.25. The number of thioether (sulfide) groups is 1. The lowest BCUT2D eigenvalue weighted by atomic mass is 10.1. The van der Waals surface area contributed by atoms with Crippen LogP contribution in [0.3, 0.4) is 0 Å². The SMILES string of the molecule is Clc1ccc(CSCc2cccc3ccccc23)cc1. The van der Waals surface area contributed by atoms with Gasteiger partial charge in [0.1, 0.15) is 0 Å². The third-order valence-corrected chi connectivity index (χ3v) is 4.62. The van der Waals surface area contributed by atoms with Crippen LogP contribution in [0.25, 0.3) is 10.8 Å². The Morgan fingerprint density at radius 1 is 0.750 bits per heavy atom. The predicted molar refractivity (Wildman–Crippen MR) is 90.4 cm³/mol. The van der Waals surface area contributed by atoms with Crippen molar-refractivity contribution in [2.24, 2.45) is 0 Å². The number of rotatable bonds is 4. The fraction of sp³-hybridized carbons (Fsp3) is 0.111. The first-order valence-electron chi connectivity index (χ1n) is 6.62. The molecule has 0 aromatic heterocycles. The largest absolute Gasteiger partial charge is 0.152 e. The molecule has 20 heavy (non-hydrogen) atoms. The van der Waals surface area contributed by atoms with E-state index in [-0.39, 0.29) is 0 Å². The standard InChI is InChI=1S/C18H15ClS/c19-17-10-8-14(9-11-17)12-20-13-16-6-3-5-15-4-1-2-7-18(15)16/h1-11H,12-13H2. The highest BCUT2D eigenvalue weighted by atomic mass is 35.5. The molecule has 0 bridgehead atoms. The number of benzene rings is 3. The molecular weight excluding hydrogens is 284 g/mol. The minimum absolute atomic E-state index is 0.799. The Morgan fingerprint density at radius 2 is 1.50 bits per heavy atom. The molecule has 100 valence electrons. The zero-order valence-corrected chi connectivity index (χ0v) is 12.6. The van der Waals surface area contributed by atoms with Gasteiger partial charge in [-0.1, -0.05) is 66.2 Å². The highest BCUT2D eigenvalue weighted by Gasteiger charge is 2.01. The average Bonchev–Trinajstić information content (AvgIpc) is 2.49. The van der Waals surface area contributed by atoms with Gasteiger partial charge >= 0.3 is 0 Å². The Morgan fingerprint density at radius 3 is 2.35 bits per heavy atom. The second kappa shape index (κ2) is 6.34. The van der Waals surface area contributed by atoms with Gasteiger partial charge in [0.15, 0.2) is 0 Å². The minimum atomic E-state index is 0.799. The van der Waals surface area contributed by atoms with E-state index in [1.54, 1.807) is 0 Å². The van der Waals surface area contributed by atoms with Crippen LogP contribution in [-0.4, -0.2) is 0 Å². The van der Waals surface area contributed by atoms with E-state index in [4.69, 9.17) is 11.6 Å². The van der Waals surface area contributed by atoms with E-state index in [2.05, 4.69) is 54.6 Å². The molecule has 0 saturated carbocycles. The molecule has 0 atom stereocenters. The van der Waals surface area contributed by atoms with Gasteiger partial charge in [-0.25, -0.2) is 0 Å². The smallest absolute Gasteiger partial charge is 0.0406 e. The van der Waals surface area contributed by atoms with Gasteiger partial charge in [-0.3, -0.25) is 0 Å². The molecule has 3 aromatic carbocycles. The fourth-order valence-electron chi connectivity index (χ4n) is 2.28. The lowest BCUT2D eigenvalue weighted by molar-refractivity contribution is 1.38. The first kappa shape index (κ1) is 13.5. The molecule has 0 fully saturated rings. The third-order valence-electron chi connectivity index (χ3n) is 3.32. The summed E-state index contributed by atoms with van der Waals surface area (Å²) in [6.07, 6.45) is 0. The van der Waals surface area contributed by atoms with Crippen LogP contribution in [0.2, 0.25) is 5.02 Å². The molecule has 0 aliphatic carbocycles. The second-order valence-corrected chi connectivity index (χ2v) is 6.18. The average molecular weight is 299 g/mol. The van der Waals surface area contributed by atoms with Crippen LogP contribution in [0.5, 0.6) is 0 Å². The summed E-state index contributed by atoms with van der Waals surface area (Å²) in [5.74, 6) is 2.05. The van der Waals surface area contributed by atoms with Gasteiger partial charge in [-0.05, 0) is 34.0 Å². The maximum absolute atomic E-state index is 5.90. The van der Waals surface area contributed by atoms with Crippen molar-refractivity contribution in [2.45, 2.75) is 11.5 Å². The molecule has 0 N–H and O–H groups in total. The zero-order chi connectivity index (χ0) is 13.8. The third kappa shape index (κ3) is 3.17. The molecule has 0 saturated heterocycles. The summed E-state index contributed by atoms with van der Waals surface area (Å²) in [4.78, 5) is 0. The normalized spacial score (nSPS) is 10.8. The summed E-state index contributed by atoms with van der Waals surface area (Å²) >= 11 is 7.84. The van der Waals surface area contributed by atoms with Gasteiger partial charge in [0.25, 0.3) is 0 Å². The van der Waals surface area contributed by atoms with Crippen LogP contribution in [0.1, 0.15) is 11.1 Å². The highest BCUT2D eigenvalue weighted by molar-refractivity contribution is 7.97. The summed E-state index contributed by atoms with van der Waals surface area (Å²) in [7, 11) is 0. The topological polar surface area (TPSA) is 0 Å². The lowest BCUT2D eigenvalue weighted by Gasteiger charge is -2.06. The summed E-state index contributed by atoms with van der Waals surface area (Å²) in [5.41, 5.74) is 2.72. The van der Waals surface area contributed by atoms with Gasteiger partial charge < -0.3 is 0 Å². The van der Waals surface area contributed by atoms with Crippen molar-refractivity contribution in [3.05, 3.63) is 82.9 Å². The van der Waals surface area contributed by atoms with Crippen molar-refractivity contribution in [1.29, 1.82) is 0 Å². The molecule has 3 aromatic rings. The number of fused-ring (bicyclic) bond motifs is 1. The fourth-order valence-corrected chi connectivity index (χ4v) is 3.41. The van der Waals surface area contributed by atoms with E-state index in [1.165, 1.54) is 21.9 Å². The van der Waals surface area contributed by atoms with Crippen molar-refractivity contribution in [3.63, 3.8) is 0 Å². The van der Waals surface area contributed by atoms with E-state index < -0.39 is 0 Å². The summed E-state index contributed by atoms with van der Waals surface area (Å²) < 4.78 is 0. The second-order valence-electron chi connectivity index (χ2n) is 4.76. The molecule has 0 aliphatic heterocycles. The minimum Gasteiger partial charge on any atom is -0.152 e. The first-order chi connectivity index (χ1) is 9.83.